The predicted octanol–water partition coefficient (Wildman–Crippen LogP) is 2.44. The lowest BCUT2D eigenvalue weighted by molar-refractivity contribution is -0.130. The third-order valence-corrected chi connectivity index (χ3v) is 4.12. The third-order valence-electron chi connectivity index (χ3n) is 4.12. The van der Waals surface area contributed by atoms with E-state index in [2.05, 4.69) is 36.7 Å². The minimum absolute atomic E-state index is 0.0567. The highest BCUT2D eigenvalue weighted by Crippen LogP contribution is 2.29. The van der Waals surface area contributed by atoms with Gasteiger partial charge in [0.15, 0.2) is 0 Å². The summed E-state index contributed by atoms with van der Waals surface area (Å²) < 4.78 is 2.11. The van der Waals surface area contributed by atoms with Gasteiger partial charge in [0.25, 0.3) is 0 Å². The van der Waals surface area contributed by atoms with Crippen molar-refractivity contribution in [3.63, 3.8) is 0 Å². The summed E-state index contributed by atoms with van der Waals surface area (Å²) in [4.78, 5) is 13.3. The summed E-state index contributed by atoms with van der Waals surface area (Å²) in [6, 6.07) is 0. The van der Waals surface area contributed by atoms with Crippen LogP contribution in [0.3, 0.4) is 0 Å². The summed E-state index contributed by atoms with van der Waals surface area (Å²) in [5, 5.41) is 4.55. The van der Waals surface area contributed by atoms with E-state index < -0.39 is 0 Å². The lowest BCUT2D eigenvalue weighted by atomic mass is 9.89. The molecule has 1 fully saturated rings. The number of piperidine rings is 1. The monoisotopic (exact) mass is 263 g/mol. The second kappa shape index (κ2) is 5.35. The van der Waals surface area contributed by atoms with E-state index >= 15 is 0 Å². The average Bonchev–Trinajstić information content (AvgIpc) is 2.78. The van der Waals surface area contributed by atoms with Gasteiger partial charge in [0.2, 0.25) is 5.91 Å². The molecule has 4 nitrogen and oxygen atoms in total. The molecule has 0 aromatic carbocycles. The molecule has 0 radical (unpaired) electrons. The summed E-state index contributed by atoms with van der Waals surface area (Å²) in [6.07, 6.45) is 7.21. The number of nitrogens with zero attached hydrogens (tertiary/aromatic N) is 3. The van der Waals surface area contributed by atoms with Gasteiger partial charge in [0.05, 0.1) is 11.7 Å². The molecule has 1 aromatic rings. The van der Waals surface area contributed by atoms with Crippen molar-refractivity contribution in [2.75, 3.05) is 13.1 Å². The van der Waals surface area contributed by atoms with Gasteiger partial charge in [0, 0.05) is 26.2 Å². The van der Waals surface area contributed by atoms with Crippen LogP contribution in [0.5, 0.6) is 0 Å². The normalized spacial score (nSPS) is 18.9. The van der Waals surface area contributed by atoms with Gasteiger partial charge in [-0.3, -0.25) is 9.48 Å². The maximum absolute atomic E-state index is 11.4. The second-order valence-electron chi connectivity index (χ2n) is 6.39. The number of amides is 1. The molecule has 0 spiro atoms. The van der Waals surface area contributed by atoms with Gasteiger partial charge < -0.3 is 4.90 Å². The van der Waals surface area contributed by atoms with Crippen LogP contribution in [0.15, 0.2) is 12.4 Å². The topological polar surface area (TPSA) is 38.1 Å². The van der Waals surface area contributed by atoms with Crippen molar-refractivity contribution in [2.45, 2.75) is 52.5 Å². The van der Waals surface area contributed by atoms with Crippen molar-refractivity contribution in [3.05, 3.63) is 18.0 Å². The van der Waals surface area contributed by atoms with Crippen LogP contribution in [0.25, 0.3) is 0 Å². The van der Waals surface area contributed by atoms with Gasteiger partial charge >= 0.3 is 0 Å². The first-order valence-electron chi connectivity index (χ1n) is 7.20. The van der Waals surface area contributed by atoms with E-state index in [1.165, 1.54) is 5.56 Å². The molecule has 2 rings (SSSR count). The Morgan fingerprint density at radius 2 is 2.05 bits per heavy atom. The number of carbonyl (C=O) groups is 1. The number of rotatable bonds is 3. The van der Waals surface area contributed by atoms with Gasteiger partial charge in [0.1, 0.15) is 0 Å². The second-order valence-corrected chi connectivity index (χ2v) is 6.39. The molecule has 0 atom stereocenters. The fraction of sp³-hybridized carbons (Fsp3) is 0.733. The quantitative estimate of drug-likeness (QED) is 0.840. The molecule has 0 saturated carbocycles. The molecule has 0 bridgehead atoms. The molecule has 1 aliphatic rings. The van der Waals surface area contributed by atoms with Gasteiger partial charge in [-0.1, -0.05) is 13.8 Å². The van der Waals surface area contributed by atoms with Crippen molar-refractivity contribution in [1.29, 1.82) is 0 Å². The molecule has 1 amide bonds. The number of aromatic nitrogens is 2. The molecule has 19 heavy (non-hydrogen) atoms. The number of carbonyl (C=O) groups excluding carboxylic acids is 1. The number of likely N-dealkylation sites (tertiary alicyclic amines) is 1. The fourth-order valence-corrected chi connectivity index (χ4v) is 2.76. The van der Waals surface area contributed by atoms with Crippen LogP contribution in [0.1, 0.15) is 46.1 Å². The van der Waals surface area contributed by atoms with E-state index in [0.717, 1.165) is 32.4 Å². The molecule has 1 aromatic heterocycles. The summed E-state index contributed by atoms with van der Waals surface area (Å²) >= 11 is 0. The van der Waals surface area contributed by atoms with E-state index in [0.29, 0.717) is 5.92 Å². The van der Waals surface area contributed by atoms with E-state index in [1.807, 2.05) is 11.1 Å². The Balaban J connectivity index is 2.05. The lowest BCUT2D eigenvalue weighted by Gasteiger charge is -2.39. The van der Waals surface area contributed by atoms with Crippen LogP contribution in [0.4, 0.5) is 0 Å². The van der Waals surface area contributed by atoms with Crippen molar-refractivity contribution in [1.82, 2.24) is 14.7 Å². The minimum atomic E-state index is 0.0567. The molecule has 0 N–H and O–H groups in total. The average molecular weight is 263 g/mol. The highest BCUT2D eigenvalue weighted by Gasteiger charge is 2.33. The van der Waals surface area contributed by atoms with Crippen molar-refractivity contribution < 1.29 is 4.79 Å². The SMILES string of the molecule is CC(=O)N1CCC(C)(n2cc(CC(C)C)cn2)CC1. The zero-order valence-electron chi connectivity index (χ0n) is 12.5. The minimum Gasteiger partial charge on any atom is -0.343 e. The molecule has 2 heterocycles. The summed E-state index contributed by atoms with van der Waals surface area (Å²) in [5.74, 6) is 0.841. The van der Waals surface area contributed by atoms with E-state index in [9.17, 15) is 4.79 Å². The smallest absolute Gasteiger partial charge is 0.219 e. The standard InChI is InChI=1S/C15H25N3O/c1-12(2)9-14-10-16-18(11-14)15(4)5-7-17(8-6-15)13(3)19/h10-12H,5-9H2,1-4H3. The molecule has 0 unspecified atom stereocenters. The van der Waals surface area contributed by atoms with Gasteiger partial charge in [-0.25, -0.2) is 0 Å². The maximum atomic E-state index is 11.4. The van der Waals surface area contributed by atoms with E-state index in [4.69, 9.17) is 0 Å². The fourth-order valence-electron chi connectivity index (χ4n) is 2.76. The zero-order valence-corrected chi connectivity index (χ0v) is 12.5. The van der Waals surface area contributed by atoms with E-state index in [1.54, 1.807) is 6.92 Å². The highest BCUT2D eigenvalue weighted by atomic mass is 16.2. The van der Waals surface area contributed by atoms with Gasteiger partial charge in [-0.2, -0.15) is 5.10 Å². The van der Waals surface area contributed by atoms with Gasteiger partial charge in [-0.15, -0.1) is 0 Å². The zero-order chi connectivity index (χ0) is 14.0. The van der Waals surface area contributed by atoms with E-state index in [-0.39, 0.29) is 11.4 Å². The number of hydrogen-bond acceptors (Lipinski definition) is 2. The maximum Gasteiger partial charge on any atom is 0.219 e. The predicted molar refractivity (Wildman–Crippen MR) is 75.9 cm³/mol. The summed E-state index contributed by atoms with van der Waals surface area (Å²) in [7, 11) is 0. The van der Waals surface area contributed by atoms with Crippen molar-refractivity contribution in [2.24, 2.45) is 5.92 Å². The van der Waals surface area contributed by atoms with Crippen molar-refractivity contribution >= 4 is 5.91 Å². The molecule has 4 heteroatoms. The first-order chi connectivity index (χ1) is 8.90. The first-order valence-corrected chi connectivity index (χ1v) is 7.20. The molecule has 106 valence electrons. The number of hydrogen-bond donors (Lipinski definition) is 0. The molecule has 0 aliphatic carbocycles. The first kappa shape index (κ1) is 14.1. The Hall–Kier alpha value is -1.32. The lowest BCUT2D eigenvalue weighted by Crippen LogP contribution is -2.46. The Morgan fingerprint density at radius 3 is 2.58 bits per heavy atom. The van der Waals surface area contributed by atoms with Crippen LogP contribution >= 0.6 is 0 Å². The largest absolute Gasteiger partial charge is 0.343 e. The Labute approximate surface area is 115 Å². The summed E-state index contributed by atoms with van der Waals surface area (Å²) in [5.41, 5.74) is 1.37. The molecular weight excluding hydrogens is 238 g/mol. The van der Waals surface area contributed by atoms with Crippen LogP contribution in [-0.4, -0.2) is 33.7 Å². The molecule has 1 saturated heterocycles. The Kier molecular flexibility index (Phi) is 3.97. The summed E-state index contributed by atoms with van der Waals surface area (Å²) in [6.45, 7) is 10.0. The Bertz CT molecular complexity index is 442. The van der Waals surface area contributed by atoms with Gasteiger partial charge in [-0.05, 0) is 37.7 Å². The van der Waals surface area contributed by atoms with Crippen LogP contribution in [0.2, 0.25) is 0 Å². The van der Waals surface area contributed by atoms with Crippen LogP contribution in [0, 0.1) is 5.92 Å². The molecule has 1 aliphatic heterocycles. The Morgan fingerprint density at radius 1 is 1.42 bits per heavy atom. The third kappa shape index (κ3) is 3.17. The van der Waals surface area contributed by atoms with Crippen LogP contribution in [-0.2, 0) is 16.8 Å². The van der Waals surface area contributed by atoms with Crippen molar-refractivity contribution in [3.8, 4) is 0 Å². The van der Waals surface area contributed by atoms with Crippen LogP contribution < -0.4 is 0 Å². The molecular formula is C15H25N3O. The highest BCUT2D eigenvalue weighted by molar-refractivity contribution is 5.73.